The highest BCUT2D eigenvalue weighted by Crippen LogP contribution is 2.27. The molecule has 3 nitrogen and oxygen atoms in total. The van der Waals surface area contributed by atoms with Gasteiger partial charge in [0.2, 0.25) is 0 Å². The summed E-state index contributed by atoms with van der Waals surface area (Å²) in [5, 5.41) is 12.7. The Hall–Kier alpha value is -1.89. The maximum absolute atomic E-state index is 8.91. The van der Waals surface area contributed by atoms with E-state index in [0.717, 1.165) is 23.2 Å². The Kier molecular flexibility index (Phi) is 3.93. The largest absolute Gasteiger partial charge is 0.316 e. The molecule has 0 spiro atoms. The van der Waals surface area contributed by atoms with Gasteiger partial charge in [-0.3, -0.25) is 4.98 Å². The fraction of sp³-hybridized carbons (Fsp3) is 0.143. The number of nitriles is 1. The third-order valence-corrected chi connectivity index (χ3v) is 2.85. The first kappa shape index (κ1) is 12.6. The summed E-state index contributed by atoms with van der Waals surface area (Å²) in [6.07, 6.45) is 3.29. The number of aromatic nitrogens is 1. The molecule has 0 saturated carbocycles. The molecule has 0 amide bonds. The molecule has 0 saturated heterocycles. The smallest absolute Gasteiger partial charge is 0.101 e. The maximum Gasteiger partial charge on any atom is 0.101 e. The van der Waals surface area contributed by atoms with Crippen LogP contribution >= 0.6 is 11.6 Å². The topological polar surface area (TPSA) is 48.7 Å². The zero-order valence-electron chi connectivity index (χ0n) is 9.94. The minimum absolute atomic E-state index is 0.544. The molecule has 1 N–H and O–H groups in total. The molecule has 1 heterocycles. The van der Waals surface area contributed by atoms with E-state index in [-0.39, 0.29) is 0 Å². The summed E-state index contributed by atoms with van der Waals surface area (Å²) in [6, 6.07) is 9.64. The van der Waals surface area contributed by atoms with E-state index in [0.29, 0.717) is 10.6 Å². The normalized spacial score (nSPS) is 10.1. The van der Waals surface area contributed by atoms with E-state index in [4.69, 9.17) is 16.9 Å². The predicted molar refractivity (Wildman–Crippen MR) is 72.2 cm³/mol. The first-order valence-electron chi connectivity index (χ1n) is 5.53. The van der Waals surface area contributed by atoms with Crippen molar-refractivity contribution >= 4 is 11.6 Å². The summed E-state index contributed by atoms with van der Waals surface area (Å²) in [6.45, 7) is 0.739. The second-order valence-corrected chi connectivity index (χ2v) is 4.34. The monoisotopic (exact) mass is 257 g/mol. The minimum atomic E-state index is 0.544. The average molecular weight is 258 g/mol. The number of nitrogens with one attached hydrogen (secondary N) is 1. The van der Waals surface area contributed by atoms with Gasteiger partial charge in [-0.25, -0.2) is 0 Å². The van der Waals surface area contributed by atoms with Gasteiger partial charge in [-0.2, -0.15) is 5.26 Å². The quantitative estimate of drug-likeness (QED) is 0.920. The predicted octanol–water partition coefficient (Wildman–Crippen LogP) is 2.99. The zero-order valence-corrected chi connectivity index (χ0v) is 10.7. The lowest BCUT2D eigenvalue weighted by atomic mass is 10.00. The van der Waals surface area contributed by atoms with E-state index in [1.165, 1.54) is 0 Å². The zero-order chi connectivity index (χ0) is 13.0. The number of hydrogen-bond acceptors (Lipinski definition) is 3. The van der Waals surface area contributed by atoms with Gasteiger partial charge in [0, 0.05) is 29.5 Å². The summed E-state index contributed by atoms with van der Waals surface area (Å²) in [4.78, 5) is 4.08. The van der Waals surface area contributed by atoms with Crippen LogP contribution in [0.15, 0.2) is 36.7 Å². The first-order valence-corrected chi connectivity index (χ1v) is 5.91. The minimum Gasteiger partial charge on any atom is -0.316 e. The van der Waals surface area contributed by atoms with E-state index in [9.17, 15) is 0 Å². The van der Waals surface area contributed by atoms with Gasteiger partial charge in [0.05, 0.1) is 5.56 Å². The van der Waals surface area contributed by atoms with Crippen LogP contribution in [0.1, 0.15) is 11.1 Å². The van der Waals surface area contributed by atoms with Crippen molar-refractivity contribution in [1.29, 1.82) is 5.26 Å². The Balaban J connectivity index is 2.54. The number of nitrogens with zero attached hydrogens (tertiary/aromatic N) is 2. The standard InChI is InChI=1S/C14H12ClN3/c1-17-8-11-2-3-13(15)5-14(11)12-4-10(6-16)7-18-9-12/h2-5,7,9,17H,8H2,1H3. The summed E-state index contributed by atoms with van der Waals surface area (Å²) < 4.78 is 0. The van der Waals surface area contributed by atoms with Crippen molar-refractivity contribution in [3.05, 3.63) is 52.8 Å². The van der Waals surface area contributed by atoms with Crippen LogP contribution in [0.2, 0.25) is 5.02 Å². The number of benzene rings is 1. The van der Waals surface area contributed by atoms with Crippen LogP contribution in [0.4, 0.5) is 0 Å². The Morgan fingerprint density at radius 2 is 2.17 bits per heavy atom. The summed E-state index contributed by atoms with van der Waals surface area (Å²) >= 11 is 6.03. The van der Waals surface area contributed by atoms with Crippen LogP contribution in [0.25, 0.3) is 11.1 Å². The van der Waals surface area contributed by atoms with Crippen molar-refractivity contribution in [2.24, 2.45) is 0 Å². The lowest BCUT2D eigenvalue weighted by molar-refractivity contribution is 0.819. The van der Waals surface area contributed by atoms with Crippen LogP contribution < -0.4 is 5.32 Å². The van der Waals surface area contributed by atoms with Crippen molar-refractivity contribution in [3.63, 3.8) is 0 Å². The molecule has 0 radical (unpaired) electrons. The van der Waals surface area contributed by atoms with Gasteiger partial charge in [-0.1, -0.05) is 17.7 Å². The van der Waals surface area contributed by atoms with E-state index < -0.39 is 0 Å². The van der Waals surface area contributed by atoms with Crippen LogP contribution in [-0.2, 0) is 6.54 Å². The Morgan fingerprint density at radius 1 is 1.33 bits per heavy atom. The molecular formula is C14H12ClN3. The molecule has 0 aliphatic carbocycles. The van der Waals surface area contributed by atoms with Gasteiger partial charge >= 0.3 is 0 Å². The van der Waals surface area contributed by atoms with E-state index in [1.54, 1.807) is 12.4 Å². The van der Waals surface area contributed by atoms with Gasteiger partial charge < -0.3 is 5.32 Å². The van der Waals surface area contributed by atoms with Crippen LogP contribution in [0.3, 0.4) is 0 Å². The molecule has 0 fully saturated rings. The second kappa shape index (κ2) is 5.63. The molecular weight excluding hydrogens is 246 g/mol. The molecule has 2 rings (SSSR count). The summed E-state index contributed by atoms with van der Waals surface area (Å²) in [5.41, 5.74) is 3.57. The Morgan fingerprint density at radius 3 is 2.89 bits per heavy atom. The second-order valence-electron chi connectivity index (χ2n) is 3.91. The molecule has 0 unspecified atom stereocenters. The molecule has 0 bridgehead atoms. The number of rotatable bonds is 3. The van der Waals surface area contributed by atoms with E-state index in [2.05, 4.69) is 16.4 Å². The fourth-order valence-corrected chi connectivity index (χ4v) is 1.98. The Bertz CT molecular complexity index is 602. The van der Waals surface area contributed by atoms with Crippen molar-refractivity contribution in [2.45, 2.75) is 6.54 Å². The SMILES string of the molecule is CNCc1ccc(Cl)cc1-c1cncc(C#N)c1. The fourth-order valence-electron chi connectivity index (χ4n) is 1.81. The van der Waals surface area contributed by atoms with Crippen LogP contribution in [-0.4, -0.2) is 12.0 Å². The molecule has 0 atom stereocenters. The van der Waals surface area contributed by atoms with Gasteiger partial charge in [-0.05, 0) is 36.4 Å². The van der Waals surface area contributed by atoms with Crippen molar-refractivity contribution in [2.75, 3.05) is 7.05 Å². The molecule has 2 aromatic rings. The lowest BCUT2D eigenvalue weighted by Crippen LogP contribution is -2.06. The highest BCUT2D eigenvalue weighted by Gasteiger charge is 2.07. The maximum atomic E-state index is 8.91. The van der Waals surface area contributed by atoms with Crippen molar-refractivity contribution in [1.82, 2.24) is 10.3 Å². The van der Waals surface area contributed by atoms with Gasteiger partial charge in [0.1, 0.15) is 6.07 Å². The molecule has 0 aliphatic heterocycles. The number of halogens is 1. The molecule has 4 heteroatoms. The third-order valence-electron chi connectivity index (χ3n) is 2.62. The molecule has 90 valence electrons. The summed E-state index contributed by atoms with van der Waals surface area (Å²) in [7, 11) is 1.89. The highest BCUT2D eigenvalue weighted by atomic mass is 35.5. The highest BCUT2D eigenvalue weighted by molar-refractivity contribution is 6.30. The number of hydrogen-bond donors (Lipinski definition) is 1. The van der Waals surface area contributed by atoms with E-state index >= 15 is 0 Å². The number of pyridine rings is 1. The van der Waals surface area contributed by atoms with Gasteiger partial charge in [-0.15, -0.1) is 0 Å². The van der Waals surface area contributed by atoms with Crippen molar-refractivity contribution in [3.8, 4) is 17.2 Å². The molecule has 1 aromatic heterocycles. The summed E-state index contributed by atoms with van der Waals surface area (Å²) in [5.74, 6) is 0. The molecule has 0 aliphatic rings. The van der Waals surface area contributed by atoms with Gasteiger partial charge in [0.15, 0.2) is 0 Å². The first-order chi connectivity index (χ1) is 8.74. The molecule has 18 heavy (non-hydrogen) atoms. The van der Waals surface area contributed by atoms with Crippen LogP contribution in [0.5, 0.6) is 0 Å². The molecule has 1 aromatic carbocycles. The van der Waals surface area contributed by atoms with Gasteiger partial charge in [0.25, 0.3) is 0 Å². The van der Waals surface area contributed by atoms with Crippen molar-refractivity contribution < 1.29 is 0 Å². The Labute approximate surface area is 111 Å². The van der Waals surface area contributed by atoms with E-state index in [1.807, 2.05) is 31.3 Å². The lowest BCUT2D eigenvalue weighted by Gasteiger charge is -2.10. The van der Waals surface area contributed by atoms with Crippen LogP contribution in [0, 0.1) is 11.3 Å². The average Bonchev–Trinajstić information content (AvgIpc) is 2.41. The third kappa shape index (κ3) is 2.67.